The molecule has 0 N–H and O–H groups in total. The molecule has 0 aliphatic heterocycles. The molecule has 3 rings (SSSR count). The average Bonchev–Trinajstić information content (AvgIpc) is 3.27. The van der Waals surface area contributed by atoms with Crippen molar-refractivity contribution in [2.45, 2.75) is 20.3 Å². The van der Waals surface area contributed by atoms with E-state index in [1.807, 2.05) is 0 Å². The number of ketones is 1. The highest BCUT2D eigenvalue weighted by Gasteiger charge is 2.49. The van der Waals surface area contributed by atoms with Crippen molar-refractivity contribution in [3.05, 3.63) is 35.0 Å². The number of ether oxygens (including phenoxy) is 1. The minimum absolute atomic E-state index is 0.0595. The molecule has 0 radical (unpaired) electrons. The van der Waals surface area contributed by atoms with Gasteiger partial charge < -0.3 is 14.1 Å². The van der Waals surface area contributed by atoms with Crippen molar-refractivity contribution in [1.82, 2.24) is 4.90 Å². The van der Waals surface area contributed by atoms with Crippen LogP contribution in [0.5, 0.6) is 0 Å². The van der Waals surface area contributed by atoms with E-state index in [1.165, 1.54) is 6.26 Å². The molecular formula is C19H22ClNO4. The van der Waals surface area contributed by atoms with Gasteiger partial charge in [0.15, 0.2) is 11.4 Å². The maximum absolute atomic E-state index is 12.6. The van der Waals surface area contributed by atoms with Gasteiger partial charge >= 0.3 is 5.97 Å². The van der Waals surface area contributed by atoms with E-state index in [-0.39, 0.29) is 23.6 Å². The first-order valence-corrected chi connectivity index (χ1v) is 9.02. The van der Waals surface area contributed by atoms with Crippen LogP contribution in [-0.2, 0) is 9.53 Å². The van der Waals surface area contributed by atoms with Gasteiger partial charge in [-0.15, -0.1) is 0 Å². The number of carbonyl (C=O) groups is 2. The maximum atomic E-state index is 12.6. The smallest absolute Gasteiger partial charge is 0.309 e. The lowest BCUT2D eigenvalue weighted by molar-refractivity contribution is -0.145. The molecule has 1 saturated carbocycles. The number of Topliss-reactive ketones (excluding diaryl/α,β-unsaturated/α-hetero) is 1. The van der Waals surface area contributed by atoms with Crippen molar-refractivity contribution in [3.63, 3.8) is 0 Å². The predicted octanol–water partition coefficient (Wildman–Crippen LogP) is 3.79. The monoisotopic (exact) mass is 363 g/mol. The van der Waals surface area contributed by atoms with Crippen molar-refractivity contribution in [3.8, 4) is 0 Å². The summed E-state index contributed by atoms with van der Waals surface area (Å²) in [5.41, 5.74) is 1.09. The average molecular weight is 364 g/mol. The van der Waals surface area contributed by atoms with Crippen LogP contribution in [0, 0.1) is 11.8 Å². The minimum Gasteiger partial charge on any atom is -0.464 e. The zero-order valence-corrected chi connectivity index (χ0v) is 15.2. The summed E-state index contributed by atoms with van der Waals surface area (Å²) in [5, 5.41) is 1.19. The molecule has 134 valence electrons. The van der Waals surface area contributed by atoms with Gasteiger partial charge in [0, 0.05) is 23.4 Å². The number of esters is 1. The Balaban J connectivity index is 1.56. The Morgan fingerprint density at radius 3 is 2.76 bits per heavy atom. The predicted molar refractivity (Wildman–Crippen MR) is 95.9 cm³/mol. The molecule has 5 nitrogen and oxygen atoms in total. The van der Waals surface area contributed by atoms with Crippen LogP contribution in [0.15, 0.2) is 28.9 Å². The van der Waals surface area contributed by atoms with Crippen molar-refractivity contribution in [1.29, 1.82) is 0 Å². The lowest BCUT2D eigenvalue weighted by atomic mass is 10.0. The summed E-state index contributed by atoms with van der Waals surface area (Å²) in [5.74, 6) is -0.971. The Hall–Kier alpha value is -1.85. The Morgan fingerprint density at radius 2 is 2.04 bits per heavy atom. The van der Waals surface area contributed by atoms with Crippen molar-refractivity contribution >= 4 is 34.3 Å². The number of hydrogen-bond acceptors (Lipinski definition) is 5. The van der Waals surface area contributed by atoms with E-state index >= 15 is 0 Å². The van der Waals surface area contributed by atoms with Crippen LogP contribution in [0.25, 0.3) is 11.0 Å². The van der Waals surface area contributed by atoms with E-state index in [4.69, 9.17) is 20.8 Å². The summed E-state index contributed by atoms with van der Waals surface area (Å²) in [6.07, 6.45) is 2.09. The molecule has 1 aliphatic carbocycles. The molecule has 0 spiro atoms. The minimum atomic E-state index is -0.331. The van der Waals surface area contributed by atoms with Crippen LogP contribution in [0.1, 0.15) is 30.6 Å². The third-order valence-corrected chi connectivity index (χ3v) is 5.05. The van der Waals surface area contributed by atoms with Gasteiger partial charge in [-0.25, -0.2) is 0 Å². The van der Waals surface area contributed by atoms with E-state index in [0.717, 1.165) is 25.0 Å². The quantitative estimate of drug-likeness (QED) is 0.527. The summed E-state index contributed by atoms with van der Waals surface area (Å²) in [6, 6.07) is 5.13. The van der Waals surface area contributed by atoms with Crippen LogP contribution in [-0.4, -0.2) is 42.9 Å². The summed E-state index contributed by atoms with van der Waals surface area (Å²) >= 11 is 6.16. The molecular weight excluding hydrogens is 342 g/mol. The third-order valence-electron chi connectivity index (χ3n) is 4.77. The fourth-order valence-electron chi connectivity index (χ4n) is 3.06. The van der Waals surface area contributed by atoms with Crippen molar-refractivity contribution in [2.24, 2.45) is 11.8 Å². The molecule has 6 heteroatoms. The molecule has 1 aliphatic rings. The fraction of sp³-hybridized carbons (Fsp3) is 0.474. The first-order valence-electron chi connectivity index (χ1n) is 8.65. The van der Waals surface area contributed by atoms with Gasteiger partial charge in [-0.1, -0.05) is 25.4 Å². The first-order chi connectivity index (χ1) is 12.0. The highest BCUT2D eigenvalue weighted by atomic mass is 35.5. The van der Waals surface area contributed by atoms with Gasteiger partial charge in [-0.3, -0.25) is 9.59 Å². The van der Waals surface area contributed by atoms with Crippen molar-refractivity contribution < 1.29 is 18.7 Å². The topological polar surface area (TPSA) is 59.8 Å². The Labute approximate surface area is 151 Å². The summed E-state index contributed by atoms with van der Waals surface area (Å²) in [4.78, 5) is 26.9. The van der Waals surface area contributed by atoms with E-state index in [9.17, 15) is 9.59 Å². The van der Waals surface area contributed by atoms with E-state index in [0.29, 0.717) is 29.2 Å². The lowest BCUT2D eigenvalue weighted by Crippen LogP contribution is -2.28. The third kappa shape index (κ3) is 3.88. The molecule has 1 fully saturated rings. The van der Waals surface area contributed by atoms with E-state index < -0.39 is 0 Å². The lowest BCUT2D eigenvalue weighted by Gasteiger charge is -2.17. The summed E-state index contributed by atoms with van der Waals surface area (Å²) < 4.78 is 10.6. The molecule has 0 bridgehead atoms. The molecule has 1 aromatic carbocycles. The van der Waals surface area contributed by atoms with Crippen LogP contribution < -0.4 is 0 Å². The molecule has 0 amide bonds. The Morgan fingerprint density at radius 1 is 1.28 bits per heavy atom. The van der Waals surface area contributed by atoms with Gasteiger partial charge in [0.1, 0.15) is 6.61 Å². The largest absolute Gasteiger partial charge is 0.464 e. The second kappa shape index (κ2) is 7.58. The number of benzene rings is 1. The van der Waals surface area contributed by atoms with Crippen molar-refractivity contribution in [2.75, 3.05) is 26.2 Å². The Kier molecular flexibility index (Phi) is 5.45. The number of rotatable bonds is 8. The first kappa shape index (κ1) is 18.0. The number of furan rings is 1. The maximum Gasteiger partial charge on any atom is 0.309 e. The number of likely N-dealkylation sites (N-methyl/N-ethyl adjacent to an activating group) is 1. The van der Waals surface area contributed by atoms with E-state index in [2.05, 4.69) is 18.7 Å². The van der Waals surface area contributed by atoms with Gasteiger partial charge in [0.25, 0.3) is 0 Å². The molecule has 1 aromatic heterocycles. The van der Waals surface area contributed by atoms with Crippen LogP contribution in [0.3, 0.4) is 0 Å². The normalized spacial score (nSPS) is 19.4. The van der Waals surface area contributed by atoms with E-state index in [1.54, 1.807) is 18.2 Å². The van der Waals surface area contributed by atoms with Gasteiger partial charge in [-0.05, 0) is 37.7 Å². The van der Waals surface area contributed by atoms with Gasteiger partial charge in [0.05, 0.1) is 17.2 Å². The van der Waals surface area contributed by atoms with Crippen LogP contribution in [0.2, 0.25) is 5.02 Å². The molecule has 1 heterocycles. The SMILES string of the molecule is CCN(CC)CCOC(=O)C1CC1C(=O)c1cc(Cl)c2occc2c1. The zero-order chi connectivity index (χ0) is 18.0. The zero-order valence-electron chi connectivity index (χ0n) is 14.5. The summed E-state index contributed by atoms with van der Waals surface area (Å²) in [7, 11) is 0. The highest BCUT2D eigenvalue weighted by molar-refractivity contribution is 6.35. The number of nitrogens with zero attached hydrogens (tertiary/aromatic N) is 1. The molecule has 2 atom stereocenters. The second-order valence-electron chi connectivity index (χ2n) is 6.30. The molecule has 25 heavy (non-hydrogen) atoms. The number of carbonyl (C=O) groups excluding carboxylic acids is 2. The number of halogens is 1. The Bertz CT molecular complexity index is 781. The van der Waals surface area contributed by atoms with Crippen LogP contribution in [0.4, 0.5) is 0 Å². The number of fused-ring (bicyclic) bond motifs is 1. The number of hydrogen-bond donors (Lipinski definition) is 0. The fourth-order valence-corrected chi connectivity index (χ4v) is 3.33. The van der Waals surface area contributed by atoms with Gasteiger partial charge in [-0.2, -0.15) is 0 Å². The van der Waals surface area contributed by atoms with Gasteiger partial charge in [0.2, 0.25) is 0 Å². The molecule has 2 aromatic rings. The molecule has 0 saturated heterocycles. The summed E-state index contributed by atoms with van der Waals surface area (Å²) in [6.45, 7) is 7.08. The highest BCUT2D eigenvalue weighted by Crippen LogP contribution is 2.42. The molecule has 2 unspecified atom stereocenters. The van der Waals surface area contributed by atoms with Crippen LogP contribution >= 0.6 is 11.6 Å². The standard InChI is InChI=1S/C19H22ClNO4/c1-3-21(4-2)6-8-25-19(23)15-11-14(15)17(22)13-9-12-5-7-24-18(12)16(20)10-13/h5,7,9-10,14-15H,3-4,6,8,11H2,1-2H3. The second-order valence-corrected chi connectivity index (χ2v) is 6.71.